The Morgan fingerprint density at radius 3 is 3.17 bits per heavy atom. The van der Waals surface area contributed by atoms with Crippen molar-refractivity contribution in [2.24, 2.45) is 5.73 Å². The molecule has 4 heteroatoms. The van der Waals surface area contributed by atoms with Crippen LogP contribution in [-0.4, -0.2) is 30.8 Å². The van der Waals surface area contributed by atoms with Crippen LogP contribution in [0, 0.1) is 0 Å². The predicted molar refractivity (Wildman–Crippen MR) is 71.0 cm³/mol. The molecule has 0 saturated carbocycles. The number of para-hydroxylation sites is 1. The zero-order valence-electron chi connectivity index (χ0n) is 10.4. The molecule has 18 heavy (non-hydrogen) atoms. The fraction of sp³-hybridized carbons (Fsp3) is 0.429. The molecule has 2 aliphatic rings. The topological polar surface area (TPSA) is 50.5 Å². The molecule has 0 aliphatic carbocycles. The van der Waals surface area contributed by atoms with Crippen LogP contribution < -0.4 is 15.8 Å². The highest BCUT2D eigenvalue weighted by Gasteiger charge is 2.28. The molecule has 1 aromatic rings. The maximum absolute atomic E-state index is 5.85. The van der Waals surface area contributed by atoms with Crippen molar-refractivity contribution < 1.29 is 4.74 Å². The van der Waals surface area contributed by atoms with E-state index < -0.39 is 0 Å². The number of hydrogen-bond acceptors (Lipinski definition) is 4. The van der Waals surface area contributed by atoms with Gasteiger partial charge >= 0.3 is 0 Å². The molecule has 0 aromatic heterocycles. The van der Waals surface area contributed by atoms with E-state index in [9.17, 15) is 0 Å². The number of hydrogen-bond donors (Lipinski definition) is 2. The minimum Gasteiger partial charge on any atom is -0.491 e. The fourth-order valence-corrected chi connectivity index (χ4v) is 2.69. The molecule has 1 aromatic carbocycles. The van der Waals surface area contributed by atoms with Gasteiger partial charge in [-0.1, -0.05) is 18.2 Å². The first-order valence-corrected chi connectivity index (χ1v) is 6.48. The van der Waals surface area contributed by atoms with Crippen molar-refractivity contribution in [3.05, 3.63) is 41.7 Å². The SMILES string of the molecule is NCCC1=CNCN1C1COc2ccccc2C1. The van der Waals surface area contributed by atoms with Gasteiger partial charge in [-0.2, -0.15) is 0 Å². The molecule has 0 spiro atoms. The van der Waals surface area contributed by atoms with E-state index >= 15 is 0 Å². The van der Waals surface area contributed by atoms with E-state index in [-0.39, 0.29) is 0 Å². The summed E-state index contributed by atoms with van der Waals surface area (Å²) < 4.78 is 5.85. The maximum atomic E-state index is 5.85. The highest BCUT2D eigenvalue weighted by Crippen LogP contribution is 2.28. The van der Waals surface area contributed by atoms with E-state index in [4.69, 9.17) is 10.5 Å². The summed E-state index contributed by atoms with van der Waals surface area (Å²) in [5, 5.41) is 3.28. The normalized spacial score (nSPS) is 21.9. The van der Waals surface area contributed by atoms with Gasteiger partial charge in [0, 0.05) is 18.3 Å². The van der Waals surface area contributed by atoms with Crippen molar-refractivity contribution in [2.45, 2.75) is 18.9 Å². The van der Waals surface area contributed by atoms with Crippen LogP contribution in [0.1, 0.15) is 12.0 Å². The van der Waals surface area contributed by atoms with Crippen LogP contribution >= 0.6 is 0 Å². The molecular formula is C14H19N3O. The minimum atomic E-state index is 0.410. The molecule has 0 bridgehead atoms. The second-order valence-corrected chi connectivity index (χ2v) is 4.78. The fourth-order valence-electron chi connectivity index (χ4n) is 2.69. The summed E-state index contributed by atoms with van der Waals surface area (Å²) in [6, 6.07) is 8.70. The van der Waals surface area contributed by atoms with Gasteiger partial charge in [0.05, 0.1) is 12.7 Å². The lowest BCUT2D eigenvalue weighted by Gasteiger charge is -2.34. The molecule has 0 amide bonds. The predicted octanol–water partition coefficient (Wildman–Crippen LogP) is 1.04. The number of ether oxygens (including phenoxy) is 1. The number of nitrogens with zero attached hydrogens (tertiary/aromatic N) is 1. The van der Waals surface area contributed by atoms with Gasteiger partial charge in [-0.25, -0.2) is 0 Å². The van der Waals surface area contributed by atoms with E-state index in [2.05, 4.69) is 28.5 Å². The Morgan fingerprint density at radius 2 is 2.28 bits per heavy atom. The monoisotopic (exact) mass is 245 g/mol. The van der Waals surface area contributed by atoms with Crippen LogP contribution in [0.2, 0.25) is 0 Å². The van der Waals surface area contributed by atoms with Gasteiger partial charge in [0.2, 0.25) is 0 Å². The highest BCUT2D eigenvalue weighted by molar-refractivity contribution is 5.36. The Labute approximate surface area is 107 Å². The first-order valence-electron chi connectivity index (χ1n) is 6.48. The molecule has 0 radical (unpaired) electrons. The zero-order chi connectivity index (χ0) is 12.4. The molecule has 96 valence electrons. The Morgan fingerprint density at radius 1 is 1.39 bits per heavy atom. The molecule has 2 heterocycles. The molecule has 2 aliphatic heterocycles. The molecule has 1 unspecified atom stereocenters. The van der Waals surface area contributed by atoms with Crippen molar-refractivity contribution in [2.75, 3.05) is 19.8 Å². The quantitative estimate of drug-likeness (QED) is 0.835. The van der Waals surface area contributed by atoms with E-state index in [0.29, 0.717) is 12.6 Å². The lowest BCUT2D eigenvalue weighted by Crippen LogP contribution is -2.43. The van der Waals surface area contributed by atoms with Gasteiger partial charge < -0.3 is 20.7 Å². The first-order chi connectivity index (χ1) is 8.88. The average Bonchev–Trinajstić information content (AvgIpc) is 2.87. The smallest absolute Gasteiger partial charge is 0.122 e. The molecule has 4 nitrogen and oxygen atoms in total. The van der Waals surface area contributed by atoms with Crippen LogP contribution in [0.15, 0.2) is 36.2 Å². The zero-order valence-corrected chi connectivity index (χ0v) is 10.4. The summed E-state index contributed by atoms with van der Waals surface area (Å²) in [5.41, 5.74) is 8.25. The number of fused-ring (bicyclic) bond motifs is 1. The standard InChI is InChI=1S/C14H19N3O/c15-6-5-12-8-16-10-17(12)13-7-11-3-1-2-4-14(11)18-9-13/h1-4,8,13,16H,5-7,9-10,15H2. The Bertz CT molecular complexity index is 458. The van der Waals surface area contributed by atoms with Crippen molar-refractivity contribution in [3.63, 3.8) is 0 Å². The summed E-state index contributed by atoms with van der Waals surface area (Å²) in [4.78, 5) is 2.38. The van der Waals surface area contributed by atoms with Crippen molar-refractivity contribution in [1.82, 2.24) is 10.2 Å². The summed E-state index contributed by atoms with van der Waals surface area (Å²) in [6.45, 7) is 2.31. The van der Waals surface area contributed by atoms with Crippen LogP contribution in [0.25, 0.3) is 0 Å². The van der Waals surface area contributed by atoms with Crippen LogP contribution in [0.3, 0.4) is 0 Å². The van der Waals surface area contributed by atoms with Crippen molar-refractivity contribution >= 4 is 0 Å². The second kappa shape index (κ2) is 4.90. The Hall–Kier alpha value is -1.68. The Kier molecular flexibility index (Phi) is 3.11. The molecule has 1 atom stereocenters. The van der Waals surface area contributed by atoms with Gasteiger partial charge in [-0.05, 0) is 24.6 Å². The summed E-state index contributed by atoms with van der Waals surface area (Å²) in [5.74, 6) is 1.03. The molecule has 0 saturated heterocycles. The highest BCUT2D eigenvalue weighted by atomic mass is 16.5. The molecule has 3 N–H and O–H groups in total. The largest absolute Gasteiger partial charge is 0.491 e. The number of nitrogens with two attached hydrogens (primary N) is 1. The second-order valence-electron chi connectivity index (χ2n) is 4.78. The molecular weight excluding hydrogens is 226 g/mol. The summed E-state index contributed by atoms with van der Waals surface area (Å²) >= 11 is 0. The lowest BCUT2D eigenvalue weighted by atomic mass is 10.0. The summed E-state index contributed by atoms with van der Waals surface area (Å²) in [7, 11) is 0. The van der Waals surface area contributed by atoms with Gasteiger partial charge in [0.1, 0.15) is 12.4 Å². The Balaban J connectivity index is 1.74. The third-order valence-corrected chi connectivity index (χ3v) is 3.60. The van der Waals surface area contributed by atoms with Crippen LogP contribution in [0.4, 0.5) is 0 Å². The molecule has 0 fully saturated rings. The van der Waals surface area contributed by atoms with Crippen LogP contribution in [0.5, 0.6) is 5.75 Å². The van der Waals surface area contributed by atoms with Gasteiger partial charge in [-0.15, -0.1) is 0 Å². The van der Waals surface area contributed by atoms with E-state index in [1.165, 1.54) is 11.3 Å². The van der Waals surface area contributed by atoms with Crippen molar-refractivity contribution in [3.8, 4) is 5.75 Å². The van der Waals surface area contributed by atoms with Gasteiger partial charge in [0.25, 0.3) is 0 Å². The van der Waals surface area contributed by atoms with Gasteiger partial charge in [-0.3, -0.25) is 0 Å². The van der Waals surface area contributed by atoms with Gasteiger partial charge in [0.15, 0.2) is 0 Å². The third kappa shape index (κ3) is 2.04. The maximum Gasteiger partial charge on any atom is 0.122 e. The number of nitrogens with one attached hydrogen (secondary N) is 1. The van der Waals surface area contributed by atoms with Crippen LogP contribution in [-0.2, 0) is 6.42 Å². The first kappa shape index (κ1) is 11.4. The lowest BCUT2D eigenvalue weighted by molar-refractivity contribution is 0.152. The van der Waals surface area contributed by atoms with E-state index in [0.717, 1.165) is 31.9 Å². The average molecular weight is 245 g/mol. The van der Waals surface area contributed by atoms with E-state index in [1.54, 1.807) is 0 Å². The minimum absolute atomic E-state index is 0.410. The number of rotatable bonds is 3. The van der Waals surface area contributed by atoms with Crippen molar-refractivity contribution in [1.29, 1.82) is 0 Å². The third-order valence-electron chi connectivity index (χ3n) is 3.60. The summed E-state index contributed by atoms with van der Waals surface area (Å²) in [6.07, 6.45) is 4.04. The molecule has 3 rings (SSSR count). The number of benzene rings is 1. The van der Waals surface area contributed by atoms with E-state index in [1.807, 2.05) is 12.1 Å².